The molecule has 1 aliphatic rings. The zero-order chi connectivity index (χ0) is 9.97. The monoisotopic (exact) mass is 376 g/mol. The number of anilines is 1. The van der Waals surface area contributed by atoms with Crippen molar-refractivity contribution < 1.29 is 20.1 Å². The molecule has 15 heavy (non-hydrogen) atoms. The van der Waals surface area contributed by atoms with Gasteiger partial charge in [0.05, 0.1) is 12.3 Å². The Kier molecular flexibility index (Phi) is 3.90. The molecule has 79 valence electrons. The van der Waals surface area contributed by atoms with Gasteiger partial charge in [-0.1, -0.05) is 0 Å². The third-order valence-corrected chi connectivity index (χ3v) is 1.95. The average molecular weight is 375 g/mol. The van der Waals surface area contributed by atoms with E-state index in [-0.39, 0.29) is 20.1 Å². The quantitative estimate of drug-likeness (QED) is 0.698. The van der Waals surface area contributed by atoms with E-state index in [9.17, 15) is 0 Å². The average Bonchev–Trinajstić information content (AvgIpc) is 2.65. The first kappa shape index (κ1) is 11.8. The summed E-state index contributed by atoms with van der Waals surface area (Å²) < 4.78 is 0. The first-order valence-electron chi connectivity index (χ1n) is 4.22. The van der Waals surface area contributed by atoms with Crippen molar-refractivity contribution in [1.82, 2.24) is 4.90 Å². The van der Waals surface area contributed by atoms with E-state index in [0.717, 1.165) is 5.69 Å². The van der Waals surface area contributed by atoms with Crippen LogP contribution in [0.25, 0.3) is 4.85 Å². The molecule has 0 unspecified atom stereocenters. The molecular formula is C11H9IrN3-2. The molecule has 0 fully saturated rings. The normalized spacial score (nSPS) is 13.6. The molecule has 0 atom stereocenters. The molecule has 0 aliphatic carbocycles. The van der Waals surface area contributed by atoms with Gasteiger partial charge in [0.25, 0.3) is 0 Å². The van der Waals surface area contributed by atoms with Gasteiger partial charge in [0.15, 0.2) is 0 Å². The fourth-order valence-corrected chi connectivity index (χ4v) is 1.25. The van der Waals surface area contributed by atoms with Gasteiger partial charge >= 0.3 is 0 Å². The van der Waals surface area contributed by atoms with Gasteiger partial charge in [0.2, 0.25) is 0 Å². The van der Waals surface area contributed by atoms with Gasteiger partial charge < -0.3 is 9.80 Å². The minimum atomic E-state index is 0. The second-order valence-electron chi connectivity index (χ2n) is 3.03. The maximum atomic E-state index is 6.90. The summed E-state index contributed by atoms with van der Waals surface area (Å²) in [6.07, 6.45) is 3.87. The maximum absolute atomic E-state index is 6.90. The predicted octanol–water partition coefficient (Wildman–Crippen LogP) is 2.38. The molecule has 0 spiro atoms. The summed E-state index contributed by atoms with van der Waals surface area (Å²) in [6.45, 7) is 8.83. The van der Waals surface area contributed by atoms with Crippen molar-refractivity contribution in [2.24, 2.45) is 0 Å². The van der Waals surface area contributed by atoms with Crippen molar-refractivity contribution in [3.8, 4) is 0 Å². The second kappa shape index (κ2) is 4.97. The Bertz CT molecular complexity index is 409. The van der Waals surface area contributed by atoms with Crippen LogP contribution in [0.4, 0.5) is 11.4 Å². The van der Waals surface area contributed by atoms with Crippen LogP contribution in [0, 0.1) is 19.3 Å². The Morgan fingerprint density at radius 2 is 2.27 bits per heavy atom. The Morgan fingerprint density at radius 3 is 2.87 bits per heavy atom. The summed E-state index contributed by atoms with van der Waals surface area (Å²) >= 11 is 0. The predicted molar refractivity (Wildman–Crippen MR) is 55.2 cm³/mol. The number of benzene rings is 1. The first-order chi connectivity index (χ1) is 6.79. The molecule has 1 aromatic rings. The molecule has 1 radical (unpaired) electrons. The van der Waals surface area contributed by atoms with Gasteiger partial charge in [-0.3, -0.25) is 4.85 Å². The SMILES string of the molecule is [C-]#[N+]c1cc[c-]c(N2C=CN(C)[CH-]2)c1.[Ir]. The summed E-state index contributed by atoms with van der Waals surface area (Å²) in [5, 5.41) is 0. The molecule has 0 bridgehead atoms. The van der Waals surface area contributed by atoms with Crippen molar-refractivity contribution in [3.63, 3.8) is 0 Å². The smallest absolute Gasteiger partial charge is 0.0899 e. The summed E-state index contributed by atoms with van der Waals surface area (Å²) in [5.41, 5.74) is 1.52. The topological polar surface area (TPSA) is 10.8 Å². The minimum absolute atomic E-state index is 0. The molecule has 1 aliphatic heterocycles. The fraction of sp³-hybridized carbons (Fsp3) is 0.0909. The van der Waals surface area contributed by atoms with Crippen LogP contribution < -0.4 is 4.90 Å². The molecule has 0 saturated heterocycles. The minimum Gasteiger partial charge on any atom is -0.510 e. The van der Waals surface area contributed by atoms with E-state index in [1.807, 2.05) is 42.0 Å². The van der Waals surface area contributed by atoms with Crippen LogP contribution in [0.15, 0.2) is 30.6 Å². The van der Waals surface area contributed by atoms with Crippen LogP contribution in [0.1, 0.15) is 0 Å². The molecule has 3 nitrogen and oxygen atoms in total. The van der Waals surface area contributed by atoms with E-state index in [4.69, 9.17) is 6.57 Å². The Labute approximate surface area is 103 Å². The van der Waals surface area contributed by atoms with Gasteiger partial charge in [-0.2, -0.15) is 24.9 Å². The van der Waals surface area contributed by atoms with Crippen molar-refractivity contribution in [2.75, 3.05) is 11.9 Å². The van der Waals surface area contributed by atoms with E-state index in [0.29, 0.717) is 5.69 Å². The van der Waals surface area contributed by atoms with Gasteiger partial charge in [0.1, 0.15) is 0 Å². The van der Waals surface area contributed by atoms with Crippen LogP contribution in [-0.2, 0) is 20.1 Å². The molecule has 1 heterocycles. The van der Waals surface area contributed by atoms with Crippen LogP contribution >= 0.6 is 0 Å². The van der Waals surface area contributed by atoms with E-state index < -0.39 is 0 Å². The van der Waals surface area contributed by atoms with Crippen LogP contribution in [-0.4, -0.2) is 11.9 Å². The van der Waals surface area contributed by atoms with Crippen LogP contribution in [0.5, 0.6) is 0 Å². The number of rotatable bonds is 1. The summed E-state index contributed by atoms with van der Waals surface area (Å²) in [5.74, 6) is 0. The number of nitrogens with zero attached hydrogens (tertiary/aromatic N) is 3. The Morgan fingerprint density at radius 1 is 1.47 bits per heavy atom. The molecule has 0 N–H and O–H groups in total. The summed E-state index contributed by atoms with van der Waals surface area (Å²) in [7, 11) is 1.95. The molecule has 0 aromatic heterocycles. The zero-order valence-electron chi connectivity index (χ0n) is 8.14. The second-order valence-corrected chi connectivity index (χ2v) is 3.03. The fourth-order valence-electron chi connectivity index (χ4n) is 1.25. The first-order valence-corrected chi connectivity index (χ1v) is 4.22. The maximum Gasteiger partial charge on any atom is 0.0899 e. The van der Waals surface area contributed by atoms with Gasteiger partial charge in [-0.15, -0.1) is 11.8 Å². The zero-order valence-corrected chi connectivity index (χ0v) is 10.5. The van der Waals surface area contributed by atoms with Crippen molar-refractivity contribution in [3.05, 3.63) is 54.8 Å². The summed E-state index contributed by atoms with van der Waals surface area (Å²) in [6, 6.07) is 8.41. The number of hydrogen-bond acceptors (Lipinski definition) is 2. The Balaban J connectivity index is 0.00000112. The van der Waals surface area contributed by atoms with E-state index >= 15 is 0 Å². The van der Waals surface area contributed by atoms with Crippen molar-refractivity contribution >= 4 is 11.4 Å². The number of hydrogen-bond donors (Lipinski definition) is 0. The molecule has 4 heteroatoms. The van der Waals surface area contributed by atoms with Crippen molar-refractivity contribution in [1.29, 1.82) is 0 Å². The molecule has 1 aromatic carbocycles. The van der Waals surface area contributed by atoms with Crippen LogP contribution in [0.3, 0.4) is 0 Å². The standard InChI is InChI=1S/C11H9N3.Ir/c1-12-10-4-3-5-11(8-10)14-7-6-13(2)9-14;/h3-4,6-9H,2H3;/q-2;. The molecule has 0 saturated carbocycles. The van der Waals surface area contributed by atoms with Crippen LogP contribution in [0.2, 0.25) is 0 Å². The molecule has 0 amide bonds. The van der Waals surface area contributed by atoms with Crippen molar-refractivity contribution in [2.45, 2.75) is 0 Å². The van der Waals surface area contributed by atoms with Gasteiger partial charge in [-0.25, -0.2) is 0 Å². The summed E-state index contributed by atoms with van der Waals surface area (Å²) in [4.78, 5) is 7.24. The molecule has 2 rings (SSSR count). The van der Waals surface area contributed by atoms with E-state index in [1.54, 1.807) is 12.1 Å². The van der Waals surface area contributed by atoms with Gasteiger partial charge in [0, 0.05) is 20.1 Å². The third kappa shape index (κ3) is 2.59. The Hall–Kier alpha value is -1.30. The van der Waals surface area contributed by atoms with E-state index in [1.165, 1.54) is 0 Å². The van der Waals surface area contributed by atoms with E-state index in [2.05, 4.69) is 10.9 Å². The third-order valence-electron chi connectivity index (χ3n) is 1.95. The van der Waals surface area contributed by atoms with Gasteiger partial charge in [-0.05, 0) is 19.4 Å². The molecular weight excluding hydrogens is 366 g/mol. The largest absolute Gasteiger partial charge is 0.510 e.